The number of benzene rings is 1. The van der Waals surface area contributed by atoms with E-state index in [1.165, 1.54) is 0 Å². The Bertz CT molecular complexity index is 447. The van der Waals surface area contributed by atoms with Gasteiger partial charge in [-0.15, -0.1) is 0 Å². The highest BCUT2D eigenvalue weighted by Crippen LogP contribution is 2.28. The van der Waals surface area contributed by atoms with Crippen molar-refractivity contribution in [2.24, 2.45) is 0 Å². The Hall–Kier alpha value is -1.39. The molecular weight excluding hydrogens is 254 g/mol. The van der Waals surface area contributed by atoms with E-state index in [9.17, 15) is 4.79 Å². The van der Waals surface area contributed by atoms with Crippen molar-refractivity contribution in [3.63, 3.8) is 0 Å². The molecule has 1 atom stereocenters. The maximum atomic E-state index is 12.6. The predicted molar refractivity (Wildman–Crippen MR) is 78.6 cm³/mol. The molecular formula is C16H23NO3. The molecule has 4 nitrogen and oxygen atoms in total. The SMILES string of the molecule is CCOC1(C(=O)Nc2ccccc2CC)CCCCO1. The number of nitrogens with one attached hydrogen (secondary N) is 1. The number of rotatable bonds is 5. The second-order valence-corrected chi connectivity index (χ2v) is 4.96. The molecule has 0 aliphatic carbocycles. The Morgan fingerprint density at radius 2 is 2.15 bits per heavy atom. The first-order valence-electron chi connectivity index (χ1n) is 7.39. The summed E-state index contributed by atoms with van der Waals surface area (Å²) in [6, 6.07) is 7.83. The number of para-hydroxylation sites is 1. The molecule has 0 aromatic heterocycles. The van der Waals surface area contributed by atoms with Gasteiger partial charge in [0.05, 0.1) is 6.61 Å². The fourth-order valence-electron chi connectivity index (χ4n) is 2.53. The fraction of sp³-hybridized carbons (Fsp3) is 0.562. The minimum atomic E-state index is -1.12. The zero-order valence-electron chi connectivity index (χ0n) is 12.3. The second-order valence-electron chi connectivity index (χ2n) is 4.96. The summed E-state index contributed by atoms with van der Waals surface area (Å²) in [7, 11) is 0. The molecule has 1 fully saturated rings. The standard InChI is InChI=1S/C16H23NO3/c1-3-13-9-5-6-10-14(13)17-15(18)16(19-4-2)11-7-8-12-20-16/h5-6,9-10H,3-4,7-8,11-12H2,1-2H3,(H,17,18). The summed E-state index contributed by atoms with van der Waals surface area (Å²) in [5.74, 6) is -1.31. The van der Waals surface area contributed by atoms with E-state index in [0.29, 0.717) is 19.6 Å². The van der Waals surface area contributed by atoms with Gasteiger partial charge in [-0.25, -0.2) is 0 Å². The molecule has 4 heteroatoms. The zero-order valence-corrected chi connectivity index (χ0v) is 12.3. The van der Waals surface area contributed by atoms with Crippen molar-refractivity contribution in [3.8, 4) is 0 Å². The smallest absolute Gasteiger partial charge is 0.284 e. The number of hydrogen-bond donors (Lipinski definition) is 1. The summed E-state index contributed by atoms with van der Waals surface area (Å²) in [5.41, 5.74) is 1.96. The van der Waals surface area contributed by atoms with Crippen LogP contribution in [0, 0.1) is 0 Å². The number of aryl methyl sites for hydroxylation is 1. The third kappa shape index (κ3) is 3.19. The van der Waals surface area contributed by atoms with Crippen molar-refractivity contribution in [1.29, 1.82) is 0 Å². The van der Waals surface area contributed by atoms with Crippen molar-refractivity contribution >= 4 is 11.6 Å². The Kier molecular flexibility index (Phi) is 5.15. The van der Waals surface area contributed by atoms with Gasteiger partial charge in [0.15, 0.2) is 0 Å². The molecule has 20 heavy (non-hydrogen) atoms. The van der Waals surface area contributed by atoms with E-state index < -0.39 is 5.79 Å². The van der Waals surface area contributed by atoms with Gasteiger partial charge in [0.2, 0.25) is 5.79 Å². The highest BCUT2D eigenvalue weighted by Gasteiger charge is 2.42. The third-order valence-electron chi connectivity index (χ3n) is 3.61. The molecule has 0 saturated carbocycles. The van der Waals surface area contributed by atoms with Gasteiger partial charge in [-0.1, -0.05) is 25.1 Å². The Balaban J connectivity index is 2.16. The van der Waals surface area contributed by atoms with Crippen LogP contribution in [-0.2, 0) is 20.7 Å². The van der Waals surface area contributed by atoms with E-state index in [0.717, 1.165) is 30.5 Å². The lowest BCUT2D eigenvalue weighted by atomic mass is 10.0. The maximum Gasteiger partial charge on any atom is 0.284 e. The minimum Gasteiger partial charge on any atom is -0.342 e. The number of carbonyl (C=O) groups is 1. The number of ether oxygens (including phenoxy) is 2. The molecule has 1 aromatic rings. The first-order chi connectivity index (χ1) is 9.72. The second kappa shape index (κ2) is 6.86. The maximum absolute atomic E-state index is 12.6. The van der Waals surface area contributed by atoms with Crippen LogP contribution in [0.3, 0.4) is 0 Å². The van der Waals surface area contributed by atoms with Crippen molar-refractivity contribution in [2.75, 3.05) is 18.5 Å². The van der Waals surface area contributed by atoms with Gasteiger partial charge in [-0.3, -0.25) is 4.79 Å². The van der Waals surface area contributed by atoms with E-state index in [-0.39, 0.29) is 5.91 Å². The first kappa shape index (κ1) is 15.0. The molecule has 0 spiro atoms. The minimum absolute atomic E-state index is 0.194. The quantitative estimate of drug-likeness (QED) is 0.899. The largest absolute Gasteiger partial charge is 0.342 e. The van der Waals surface area contributed by atoms with Crippen LogP contribution >= 0.6 is 0 Å². The topological polar surface area (TPSA) is 47.6 Å². The van der Waals surface area contributed by atoms with Gasteiger partial charge in [0.25, 0.3) is 5.91 Å². The normalized spacial score (nSPS) is 22.5. The lowest BCUT2D eigenvalue weighted by Gasteiger charge is -2.35. The highest BCUT2D eigenvalue weighted by atomic mass is 16.7. The molecule has 1 amide bonds. The number of anilines is 1. The van der Waals surface area contributed by atoms with Gasteiger partial charge in [0, 0.05) is 18.7 Å². The molecule has 1 heterocycles. The summed E-state index contributed by atoms with van der Waals surface area (Å²) in [5, 5.41) is 2.97. The molecule has 0 radical (unpaired) electrons. The van der Waals surface area contributed by atoms with E-state index in [4.69, 9.17) is 9.47 Å². The monoisotopic (exact) mass is 277 g/mol. The van der Waals surface area contributed by atoms with Crippen LogP contribution in [0.2, 0.25) is 0 Å². The molecule has 1 unspecified atom stereocenters. The predicted octanol–water partition coefficient (Wildman–Crippen LogP) is 3.12. The van der Waals surface area contributed by atoms with E-state index in [1.807, 2.05) is 31.2 Å². The van der Waals surface area contributed by atoms with Crippen LogP contribution in [0.5, 0.6) is 0 Å². The van der Waals surface area contributed by atoms with Crippen LogP contribution in [0.25, 0.3) is 0 Å². The molecule has 0 bridgehead atoms. The number of amides is 1. The van der Waals surface area contributed by atoms with E-state index in [2.05, 4.69) is 12.2 Å². The molecule has 1 N–H and O–H groups in total. The average molecular weight is 277 g/mol. The van der Waals surface area contributed by atoms with E-state index >= 15 is 0 Å². The van der Waals surface area contributed by atoms with Crippen LogP contribution < -0.4 is 5.32 Å². The fourth-order valence-corrected chi connectivity index (χ4v) is 2.53. The van der Waals surface area contributed by atoms with Gasteiger partial charge in [-0.2, -0.15) is 0 Å². The molecule has 2 rings (SSSR count). The van der Waals surface area contributed by atoms with Crippen LogP contribution in [0.1, 0.15) is 38.7 Å². The van der Waals surface area contributed by atoms with E-state index in [1.54, 1.807) is 0 Å². The van der Waals surface area contributed by atoms with Crippen molar-refractivity contribution in [3.05, 3.63) is 29.8 Å². The molecule has 1 aliphatic heterocycles. The summed E-state index contributed by atoms with van der Waals surface area (Å²) < 4.78 is 11.3. The summed E-state index contributed by atoms with van der Waals surface area (Å²) >= 11 is 0. The van der Waals surface area contributed by atoms with Crippen molar-refractivity contribution < 1.29 is 14.3 Å². The Morgan fingerprint density at radius 1 is 1.35 bits per heavy atom. The van der Waals surface area contributed by atoms with Gasteiger partial charge in [-0.05, 0) is 37.8 Å². The summed E-state index contributed by atoms with van der Waals surface area (Å²) in [6.07, 6.45) is 3.41. The van der Waals surface area contributed by atoms with Crippen LogP contribution in [0.15, 0.2) is 24.3 Å². The van der Waals surface area contributed by atoms with Crippen LogP contribution in [-0.4, -0.2) is 24.9 Å². The third-order valence-corrected chi connectivity index (χ3v) is 3.61. The molecule has 1 aliphatic rings. The molecule has 1 saturated heterocycles. The molecule has 110 valence electrons. The zero-order chi connectivity index (χ0) is 14.4. The van der Waals surface area contributed by atoms with Gasteiger partial charge < -0.3 is 14.8 Å². The van der Waals surface area contributed by atoms with Crippen LogP contribution in [0.4, 0.5) is 5.69 Å². The average Bonchev–Trinajstić information content (AvgIpc) is 2.49. The Morgan fingerprint density at radius 3 is 2.80 bits per heavy atom. The Labute approximate surface area is 120 Å². The lowest BCUT2D eigenvalue weighted by molar-refractivity contribution is -0.239. The first-order valence-corrected chi connectivity index (χ1v) is 7.39. The highest BCUT2D eigenvalue weighted by molar-refractivity contribution is 5.97. The van der Waals surface area contributed by atoms with Crippen molar-refractivity contribution in [2.45, 2.75) is 45.3 Å². The lowest BCUT2D eigenvalue weighted by Crippen LogP contribution is -2.50. The van der Waals surface area contributed by atoms with Gasteiger partial charge in [0.1, 0.15) is 0 Å². The summed E-state index contributed by atoms with van der Waals surface area (Å²) in [4.78, 5) is 12.6. The number of hydrogen-bond acceptors (Lipinski definition) is 3. The number of carbonyl (C=O) groups excluding carboxylic acids is 1. The molecule has 1 aromatic carbocycles. The van der Waals surface area contributed by atoms with Crippen molar-refractivity contribution in [1.82, 2.24) is 0 Å². The summed E-state index contributed by atoms with van der Waals surface area (Å²) in [6.45, 7) is 4.99. The van der Waals surface area contributed by atoms with Gasteiger partial charge >= 0.3 is 0 Å².